The van der Waals surface area contributed by atoms with Crippen LogP contribution in [-0.4, -0.2) is 23.2 Å². The van der Waals surface area contributed by atoms with E-state index in [1.165, 1.54) is 11.1 Å². The number of nitrogens with zero attached hydrogens (tertiary/aromatic N) is 2. The Labute approximate surface area is 171 Å². The summed E-state index contributed by atoms with van der Waals surface area (Å²) in [6.45, 7) is 4.50. The molecule has 0 unspecified atom stereocenters. The van der Waals surface area contributed by atoms with Gasteiger partial charge in [0, 0.05) is 12.0 Å². The lowest BCUT2D eigenvalue weighted by atomic mass is 10.0. The second kappa shape index (κ2) is 8.45. The first-order valence-corrected chi connectivity index (χ1v) is 10.00. The maximum absolute atomic E-state index is 13.1. The summed E-state index contributed by atoms with van der Waals surface area (Å²) in [4.78, 5) is 13.1. The van der Waals surface area contributed by atoms with Crippen molar-refractivity contribution in [1.29, 1.82) is 0 Å². The lowest BCUT2D eigenvalue weighted by molar-refractivity contribution is -0.683. The van der Waals surface area contributed by atoms with Crippen LogP contribution in [0.5, 0.6) is 0 Å². The summed E-state index contributed by atoms with van der Waals surface area (Å²) >= 11 is 0. The summed E-state index contributed by atoms with van der Waals surface area (Å²) in [5.74, 6) is 0.747. The van der Waals surface area contributed by atoms with Crippen LogP contribution in [0.25, 0.3) is 0 Å². The quantitative estimate of drug-likeness (QED) is 0.701. The minimum absolute atomic E-state index is 0.0173. The fourth-order valence-electron chi connectivity index (χ4n) is 3.63. The van der Waals surface area contributed by atoms with Crippen LogP contribution in [0.2, 0.25) is 0 Å². The van der Waals surface area contributed by atoms with Crippen molar-refractivity contribution in [2.45, 2.75) is 32.4 Å². The lowest BCUT2D eigenvalue weighted by Gasteiger charge is -2.20. The van der Waals surface area contributed by atoms with E-state index in [1.807, 2.05) is 30.3 Å². The van der Waals surface area contributed by atoms with Crippen molar-refractivity contribution in [2.24, 2.45) is 5.10 Å². The number of carbonyl (C=O) groups is 1. The first kappa shape index (κ1) is 19.2. The molecule has 5 nitrogen and oxygen atoms in total. The van der Waals surface area contributed by atoms with E-state index in [0.717, 1.165) is 17.0 Å². The van der Waals surface area contributed by atoms with Crippen LogP contribution in [-0.2, 0) is 4.79 Å². The Bertz CT molecular complexity index is 979. The topological polar surface area (TPSA) is 62.4 Å². The SMILES string of the molecule is Cc1ccc(C2=NN(C(=O)C[NH2+][C@@H](C)c3ccccc3)[C@@H](c3ccco3)C2)cc1. The monoisotopic (exact) mass is 388 g/mol. The van der Waals surface area contributed by atoms with Gasteiger partial charge in [-0.1, -0.05) is 60.2 Å². The predicted octanol–water partition coefficient (Wildman–Crippen LogP) is 3.59. The van der Waals surface area contributed by atoms with Crippen LogP contribution >= 0.6 is 0 Å². The highest BCUT2D eigenvalue weighted by Gasteiger charge is 2.35. The van der Waals surface area contributed by atoms with Crippen LogP contribution in [0.3, 0.4) is 0 Å². The molecule has 2 aromatic carbocycles. The molecule has 148 valence electrons. The third kappa shape index (κ3) is 4.30. The molecule has 1 aromatic heterocycles. The number of amides is 1. The van der Waals surface area contributed by atoms with Crippen molar-refractivity contribution in [1.82, 2.24) is 5.01 Å². The van der Waals surface area contributed by atoms with Gasteiger partial charge in [-0.25, -0.2) is 5.01 Å². The number of furan rings is 1. The molecule has 0 radical (unpaired) electrons. The average molecular weight is 388 g/mol. The number of benzene rings is 2. The molecule has 0 spiro atoms. The third-order valence-electron chi connectivity index (χ3n) is 5.39. The Kier molecular flexibility index (Phi) is 5.58. The van der Waals surface area contributed by atoms with E-state index >= 15 is 0 Å². The molecule has 0 aliphatic carbocycles. The molecule has 0 saturated heterocycles. The van der Waals surface area contributed by atoms with Gasteiger partial charge in [0.2, 0.25) is 0 Å². The molecular formula is C24H26N3O2+. The van der Waals surface area contributed by atoms with Crippen molar-refractivity contribution in [3.05, 3.63) is 95.4 Å². The Morgan fingerprint density at radius 2 is 1.90 bits per heavy atom. The van der Waals surface area contributed by atoms with E-state index in [-0.39, 0.29) is 18.0 Å². The molecule has 4 rings (SSSR count). The zero-order valence-corrected chi connectivity index (χ0v) is 16.8. The van der Waals surface area contributed by atoms with Gasteiger partial charge >= 0.3 is 0 Å². The van der Waals surface area contributed by atoms with Gasteiger partial charge < -0.3 is 9.73 Å². The fourth-order valence-corrected chi connectivity index (χ4v) is 3.63. The molecule has 5 heteroatoms. The Balaban J connectivity index is 1.51. The van der Waals surface area contributed by atoms with Crippen molar-refractivity contribution in [2.75, 3.05) is 6.54 Å². The zero-order chi connectivity index (χ0) is 20.2. The molecule has 2 atom stereocenters. The second-order valence-electron chi connectivity index (χ2n) is 7.53. The van der Waals surface area contributed by atoms with Crippen LogP contribution in [0.15, 0.2) is 82.5 Å². The van der Waals surface area contributed by atoms with E-state index in [4.69, 9.17) is 9.52 Å². The number of quaternary nitrogens is 1. The molecular weight excluding hydrogens is 362 g/mol. The Morgan fingerprint density at radius 1 is 1.14 bits per heavy atom. The van der Waals surface area contributed by atoms with Crippen molar-refractivity contribution in [3.8, 4) is 0 Å². The number of aryl methyl sites for hydroxylation is 1. The van der Waals surface area contributed by atoms with E-state index in [9.17, 15) is 4.79 Å². The smallest absolute Gasteiger partial charge is 0.298 e. The number of rotatable bonds is 6. The van der Waals surface area contributed by atoms with Crippen LogP contribution in [0.1, 0.15) is 47.9 Å². The van der Waals surface area contributed by atoms with E-state index in [1.54, 1.807) is 11.3 Å². The van der Waals surface area contributed by atoms with Gasteiger partial charge in [-0.05, 0) is 31.5 Å². The summed E-state index contributed by atoms with van der Waals surface area (Å²) in [5.41, 5.74) is 4.36. The van der Waals surface area contributed by atoms with Crippen LogP contribution in [0, 0.1) is 6.92 Å². The van der Waals surface area contributed by atoms with Gasteiger partial charge in [0.05, 0.1) is 12.0 Å². The molecule has 1 aliphatic heterocycles. The number of carbonyl (C=O) groups excluding carboxylic acids is 1. The summed E-state index contributed by atoms with van der Waals surface area (Å²) in [7, 11) is 0. The highest BCUT2D eigenvalue weighted by Crippen LogP contribution is 2.32. The summed E-state index contributed by atoms with van der Waals surface area (Å²) in [6, 6.07) is 22.2. The fraction of sp³-hybridized carbons (Fsp3) is 0.250. The molecule has 2 heterocycles. The van der Waals surface area contributed by atoms with E-state index in [0.29, 0.717) is 13.0 Å². The third-order valence-corrected chi connectivity index (χ3v) is 5.39. The number of hydrogen-bond donors (Lipinski definition) is 1. The summed E-state index contributed by atoms with van der Waals surface area (Å²) in [5, 5.41) is 8.35. The lowest BCUT2D eigenvalue weighted by Crippen LogP contribution is -2.86. The van der Waals surface area contributed by atoms with E-state index < -0.39 is 0 Å². The molecule has 0 fully saturated rings. The number of hydrogen-bond acceptors (Lipinski definition) is 3. The standard InChI is InChI=1S/C24H25N3O2/c1-17-10-12-20(13-11-17)21-15-22(23-9-6-14-29-23)27(26-21)24(28)16-25-18(2)19-7-4-3-5-8-19/h3-14,18,22,25H,15-16H2,1-2H3/p+1/t18-,22+/m0/s1. The summed E-state index contributed by atoms with van der Waals surface area (Å²) < 4.78 is 5.62. The largest absolute Gasteiger partial charge is 0.467 e. The Hall–Kier alpha value is -3.18. The van der Waals surface area contributed by atoms with Gasteiger partial charge in [0.25, 0.3) is 5.91 Å². The molecule has 0 saturated carbocycles. The molecule has 3 aromatic rings. The van der Waals surface area contributed by atoms with Gasteiger partial charge in [0.1, 0.15) is 17.8 Å². The molecule has 0 bridgehead atoms. The average Bonchev–Trinajstić information content (AvgIpc) is 3.43. The van der Waals surface area contributed by atoms with E-state index in [2.05, 4.69) is 55.6 Å². The van der Waals surface area contributed by atoms with Crippen molar-refractivity contribution in [3.63, 3.8) is 0 Å². The first-order valence-electron chi connectivity index (χ1n) is 10.00. The maximum atomic E-state index is 13.1. The van der Waals surface area contributed by atoms with Gasteiger partial charge in [0.15, 0.2) is 6.54 Å². The van der Waals surface area contributed by atoms with Crippen molar-refractivity contribution < 1.29 is 14.5 Å². The number of nitrogens with two attached hydrogens (primary N) is 1. The highest BCUT2D eigenvalue weighted by molar-refractivity contribution is 6.03. The maximum Gasteiger partial charge on any atom is 0.298 e. The summed E-state index contributed by atoms with van der Waals surface area (Å²) in [6.07, 6.45) is 2.29. The molecule has 1 amide bonds. The van der Waals surface area contributed by atoms with Gasteiger partial charge in [-0.3, -0.25) is 4.79 Å². The van der Waals surface area contributed by atoms with Crippen molar-refractivity contribution >= 4 is 11.6 Å². The normalized spacial score (nSPS) is 17.2. The minimum atomic E-state index is -0.200. The molecule has 29 heavy (non-hydrogen) atoms. The highest BCUT2D eigenvalue weighted by atomic mass is 16.3. The van der Waals surface area contributed by atoms with Gasteiger partial charge in [-0.15, -0.1) is 0 Å². The minimum Gasteiger partial charge on any atom is -0.467 e. The predicted molar refractivity (Wildman–Crippen MR) is 112 cm³/mol. The Morgan fingerprint density at radius 3 is 2.59 bits per heavy atom. The molecule has 1 aliphatic rings. The zero-order valence-electron chi connectivity index (χ0n) is 16.8. The number of hydrazone groups is 1. The van der Waals surface area contributed by atoms with Crippen LogP contribution in [0.4, 0.5) is 0 Å². The first-order chi connectivity index (χ1) is 14.1. The second-order valence-corrected chi connectivity index (χ2v) is 7.53. The van der Waals surface area contributed by atoms with Gasteiger partial charge in [-0.2, -0.15) is 5.10 Å². The molecule has 2 N–H and O–H groups in total. The van der Waals surface area contributed by atoms with Crippen LogP contribution < -0.4 is 5.32 Å².